The highest BCUT2D eigenvalue weighted by Gasteiger charge is 2.20. The molecule has 1 aromatic heterocycles. The Kier molecular flexibility index (Phi) is 4.81. The Labute approximate surface area is 129 Å². The molecule has 2 aromatic rings. The number of nitrogens with one attached hydrogen (secondary N) is 1. The molecule has 110 valence electrons. The summed E-state index contributed by atoms with van der Waals surface area (Å²) in [6.45, 7) is 4.11. The van der Waals surface area contributed by atoms with Crippen LogP contribution in [-0.2, 0) is 0 Å². The predicted octanol–water partition coefficient (Wildman–Crippen LogP) is 3.44. The van der Waals surface area contributed by atoms with Gasteiger partial charge in [-0.2, -0.15) is 0 Å². The number of nitrogens with zero attached hydrogens (tertiary/aromatic N) is 1. The molecule has 1 amide bonds. The number of carbonyl (C=O) groups is 1. The van der Waals surface area contributed by atoms with Crippen LogP contribution in [0.3, 0.4) is 0 Å². The first-order valence-corrected chi connectivity index (χ1v) is 7.13. The molecule has 21 heavy (non-hydrogen) atoms. The molecular weight excluding hydrogens is 286 g/mol. The molecule has 1 unspecified atom stereocenters. The average Bonchev–Trinajstić information content (AvgIpc) is 2.47. The van der Waals surface area contributed by atoms with Gasteiger partial charge in [0.05, 0.1) is 23.5 Å². The van der Waals surface area contributed by atoms with Gasteiger partial charge in [0.1, 0.15) is 5.15 Å². The number of carbonyl (C=O) groups excluding carboxylic acids is 1. The minimum Gasteiger partial charge on any atom is -0.397 e. The van der Waals surface area contributed by atoms with Gasteiger partial charge in [-0.05, 0) is 17.5 Å². The summed E-state index contributed by atoms with van der Waals surface area (Å²) < 4.78 is 0. The highest BCUT2D eigenvalue weighted by Crippen LogP contribution is 2.23. The molecule has 4 nitrogen and oxygen atoms in total. The lowest BCUT2D eigenvalue weighted by Crippen LogP contribution is -2.32. The Bertz CT molecular complexity index is 629. The van der Waals surface area contributed by atoms with Crippen LogP contribution in [-0.4, -0.2) is 10.9 Å². The van der Waals surface area contributed by atoms with E-state index in [-0.39, 0.29) is 23.0 Å². The van der Waals surface area contributed by atoms with E-state index in [9.17, 15) is 4.79 Å². The number of nitrogen functional groups attached to an aromatic ring is 1. The van der Waals surface area contributed by atoms with Gasteiger partial charge in [0, 0.05) is 0 Å². The van der Waals surface area contributed by atoms with Crippen molar-refractivity contribution in [3.63, 3.8) is 0 Å². The molecule has 0 bridgehead atoms. The van der Waals surface area contributed by atoms with Crippen LogP contribution in [0.1, 0.15) is 35.8 Å². The molecule has 0 saturated heterocycles. The van der Waals surface area contributed by atoms with Crippen LogP contribution in [0, 0.1) is 5.92 Å². The topological polar surface area (TPSA) is 68.0 Å². The van der Waals surface area contributed by atoms with Crippen molar-refractivity contribution in [2.45, 2.75) is 19.9 Å². The second kappa shape index (κ2) is 6.59. The van der Waals surface area contributed by atoms with E-state index < -0.39 is 0 Å². The highest BCUT2D eigenvalue weighted by atomic mass is 35.5. The van der Waals surface area contributed by atoms with Gasteiger partial charge in [0.25, 0.3) is 5.91 Å². The molecular formula is C16H18ClN3O. The fourth-order valence-corrected chi connectivity index (χ4v) is 2.33. The molecule has 0 saturated carbocycles. The van der Waals surface area contributed by atoms with Crippen molar-refractivity contribution in [2.75, 3.05) is 5.73 Å². The Hall–Kier alpha value is -2.07. The second-order valence-electron chi connectivity index (χ2n) is 5.21. The number of amides is 1. The van der Waals surface area contributed by atoms with E-state index in [4.69, 9.17) is 17.3 Å². The highest BCUT2D eigenvalue weighted by molar-refractivity contribution is 6.32. The van der Waals surface area contributed by atoms with Crippen molar-refractivity contribution in [3.8, 4) is 0 Å². The zero-order valence-corrected chi connectivity index (χ0v) is 12.8. The van der Waals surface area contributed by atoms with E-state index in [1.807, 2.05) is 30.3 Å². The predicted molar refractivity (Wildman–Crippen MR) is 85.1 cm³/mol. The van der Waals surface area contributed by atoms with E-state index in [0.717, 1.165) is 5.56 Å². The van der Waals surface area contributed by atoms with E-state index in [2.05, 4.69) is 24.1 Å². The fraction of sp³-hybridized carbons (Fsp3) is 0.250. The standard InChI is InChI=1S/C16H18ClN3O/c1-10(2)14(11-6-4-3-5-7-11)20-16(21)13-8-12(18)9-19-15(13)17/h3-10,14H,18H2,1-2H3,(H,20,21). The van der Waals surface area contributed by atoms with Gasteiger partial charge in [-0.3, -0.25) is 4.79 Å². The van der Waals surface area contributed by atoms with Gasteiger partial charge >= 0.3 is 0 Å². The van der Waals surface area contributed by atoms with E-state index in [1.54, 1.807) is 0 Å². The lowest BCUT2D eigenvalue weighted by atomic mass is 9.96. The van der Waals surface area contributed by atoms with Gasteiger partial charge < -0.3 is 11.1 Å². The number of hydrogen-bond acceptors (Lipinski definition) is 3. The maximum absolute atomic E-state index is 12.4. The zero-order valence-electron chi connectivity index (χ0n) is 12.0. The van der Waals surface area contributed by atoms with Crippen molar-refractivity contribution in [2.24, 2.45) is 5.92 Å². The Balaban J connectivity index is 2.25. The molecule has 2 rings (SSSR count). The first-order valence-electron chi connectivity index (χ1n) is 6.76. The van der Waals surface area contributed by atoms with Crippen molar-refractivity contribution in [1.82, 2.24) is 10.3 Å². The van der Waals surface area contributed by atoms with Crippen LogP contribution in [0.15, 0.2) is 42.6 Å². The Morgan fingerprint density at radius 3 is 2.57 bits per heavy atom. The Morgan fingerprint density at radius 1 is 1.29 bits per heavy atom. The number of pyridine rings is 1. The van der Waals surface area contributed by atoms with Crippen molar-refractivity contribution >= 4 is 23.2 Å². The summed E-state index contributed by atoms with van der Waals surface area (Å²) in [5.41, 5.74) is 7.41. The number of anilines is 1. The van der Waals surface area contributed by atoms with Crippen molar-refractivity contribution in [3.05, 3.63) is 58.9 Å². The summed E-state index contributed by atoms with van der Waals surface area (Å²) in [5, 5.41) is 3.15. The summed E-state index contributed by atoms with van der Waals surface area (Å²) in [6.07, 6.45) is 1.43. The van der Waals surface area contributed by atoms with Gasteiger partial charge in [-0.1, -0.05) is 55.8 Å². The molecule has 0 aliphatic rings. The molecule has 1 atom stereocenters. The first-order chi connectivity index (χ1) is 9.99. The molecule has 0 aliphatic heterocycles. The molecule has 1 aromatic carbocycles. The number of hydrogen-bond donors (Lipinski definition) is 2. The Morgan fingerprint density at radius 2 is 1.95 bits per heavy atom. The quantitative estimate of drug-likeness (QED) is 0.850. The molecule has 0 aliphatic carbocycles. The fourth-order valence-electron chi connectivity index (χ4n) is 2.14. The first kappa shape index (κ1) is 15.3. The van der Waals surface area contributed by atoms with Crippen LogP contribution in [0.2, 0.25) is 5.15 Å². The molecule has 0 spiro atoms. The number of aromatic nitrogens is 1. The van der Waals surface area contributed by atoms with Gasteiger partial charge in [0.2, 0.25) is 0 Å². The minimum absolute atomic E-state index is 0.101. The smallest absolute Gasteiger partial charge is 0.254 e. The minimum atomic E-state index is -0.276. The SMILES string of the molecule is CC(C)C(NC(=O)c1cc(N)cnc1Cl)c1ccccc1. The van der Waals surface area contributed by atoms with Gasteiger partial charge in [-0.25, -0.2) is 4.98 Å². The number of halogens is 1. The molecule has 1 heterocycles. The summed E-state index contributed by atoms with van der Waals surface area (Å²) in [7, 11) is 0. The second-order valence-corrected chi connectivity index (χ2v) is 5.57. The third kappa shape index (κ3) is 3.73. The maximum Gasteiger partial charge on any atom is 0.254 e. The van der Waals surface area contributed by atoms with Crippen LogP contribution in [0.4, 0.5) is 5.69 Å². The third-order valence-electron chi connectivity index (χ3n) is 3.22. The van der Waals surface area contributed by atoms with Crippen molar-refractivity contribution in [1.29, 1.82) is 0 Å². The molecule has 5 heteroatoms. The van der Waals surface area contributed by atoms with Crippen LogP contribution >= 0.6 is 11.6 Å². The maximum atomic E-state index is 12.4. The lowest BCUT2D eigenvalue weighted by Gasteiger charge is -2.23. The zero-order chi connectivity index (χ0) is 15.4. The lowest BCUT2D eigenvalue weighted by molar-refractivity contribution is 0.0925. The van der Waals surface area contributed by atoms with Gasteiger partial charge in [-0.15, -0.1) is 0 Å². The van der Waals surface area contributed by atoms with Crippen molar-refractivity contribution < 1.29 is 4.79 Å². The van der Waals surface area contributed by atoms with Crippen LogP contribution in [0.25, 0.3) is 0 Å². The normalized spacial score (nSPS) is 12.2. The van der Waals surface area contributed by atoms with Crippen LogP contribution < -0.4 is 11.1 Å². The molecule has 0 radical (unpaired) electrons. The summed E-state index contributed by atoms with van der Waals surface area (Å²) >= 11 is 5.97. The summed E-state index contributed by atoms with van der Waals surface area (Å²) in [5.74, 6) is -0.0357. The number of rotatable bonds is 4. The van der Waals surface area contributed by atoms with E-state index in [0.29, 0.717) is 11.3 Å². The van der Waals surface area contributed by atoms with Gasteiger partial charge in [0.15, 0.2) is 0 Å². The largest absolute Gasteiger partial charge is 0.397 e. The number of nitrogens with two attached hydrogens (primary N) is 1. The van der Waals surface area contributed by atoms with E-state index in [1.165, 1.54) is 12.3 Å². The molecule has 3 N–H and O–H groups in total. The summed E-state index contributed by atoms with van der Waals surface area (Å²) in [6, 6.07) is 11.3. The third-order valence-corrected chi connectivity index (χ3v) is 3.52. The number of benzene rings is 1. The van der Waals surface area contributed by atoms with E-state index >= 15 is 0 Å². The summed E-state index contributed by atoms with van der Waals surface area (Å²) in [4.78, 5) is 16.3. The molecule has 0 fully saturated rings. The average molecular weight is 304 g/mol. The monoisotopic (exact) mass is 303 g/mol. The van der Waals surface area contributed by atoms with Crippen LogP contribution in [0.5, 0.6) is 0 Å².